The summed E-state index contributed by atoms with van der Waals surface area (Å²) in [6.07, 6.45) is 0. The van der Waals surface area contributed by atoms with Gasteiger partial charge in [-0.3, -0.25) is 0 Å². The first-order chi connectivity index (χ1) is 8.95. The fraction of sp³-hybridized carbons (Fsp3) is 0.0909. The molecule has 0 atom stereocenters. The van der Waals surface area contributed by atoms with E-state index in [-0.39, 0.29) is 21.5 Å². The van der Waals surface area contributed by atoms with E-state index < -0.39 is 23.3 Å². The Morgan fingerprint density at radius 2 is 2.21 bits per heavy atom. The highest BCUT2D eigenvalue weighted by atomic mass is 79.9. The van der Waals surface area contributed by atoms with E-state index in [1.54, 1.807) is 0 Å². The number of aromatic nitrogens is 1. The van der Waals surface area contributed by atoms with Crippen molar-refractivity contribution in [1.29, 1.82) is 0 Å². The van der Waals surface area contributed by atoms with Gasteiger partial charge in [0.2, 0.25) is 5.76 Å². The van der Waals surface area contributed by atoms with Crippen molar-refractivity contribution in [3.8, 4) is 22.8 Å². The number of rotatable bonds is 3. The van der Waals surface area contributed by atoms with E-state index in [1.807, 2.05) is 0 Å². The minimum absolute atomic E-state index is 0.0277. The van der Waals surface area contributed by atoms with Crippen LogP contribution in [0.1, 0.15) is 10.6 Å². The van der Waals surface area contributed by atoms with E-state index in [1.165, 1.54) is 13.2 Å². The van der Waals surface area contributed by atoms with Gasteiger partial charge in [0.15, 0.2) is 17.3 Å². The highest BCUT2D eigenvalue weighted by molar-refractivity contribution is 9.10. The van der Waals surface area contributed by atoms with E-state index in [9.17, 15) is 14.3 Å². The Labute approximate surface area is 114 Å². The first-order valence-electron chi connectivity index (χ1n) is 4.91. The first-order valence-corrected chi connectivity index (χ1v) is 5.70. The molecule has 0 fully saturated rings. The number of halogens is 2. The third-order valence-electron chi connectivity index (χ3n) is 2.33. The van der Waals surface area contributed by atoms with Crippen molar-refractivity contribution in [3.63, 3.8) is 0 Å². The quantitative estimate of drug-likeness (QED) is 0.898. The van der Waals surface area contributed by atoms with Gasteiger partial charge >= 0.3 is 5.97 Å². The van der Waals surface area contributed by atoms with Gasteiger partial charge in [-0.25, -0.2) is 9.18 Å². The van der Waals surface area contributed by atoms with Gasteiger partial charge in [-0.2, -0.15) is 0 Å². The monoisotopic (exact) mass is 331 g/mol. The van der Waals surface area contributed by atoms with Crippen molar-refractivity contribution < 1.29 is 28.7 Å². The number of aromatic hydroxyl groups is 1. The van der Waals surface area contributed by atoms with Crippen molar-refractivity contribution in [2.45, 2.75) is 0 Å². The Bertz CT molecular complexity index is 655. The van der Waals surface area contributed by atoms with Gasteiger partial charge in [-0.15, -0.1) is 0 Å². The number of hydrogen-bond donors (Lipinski definition) is 2. The average molecular weight is 332 g/mol. The number of ether oxygens (including phenoxy) is 1. The highest BCUT2D eigenvalue weighted by Crippen LogP contribution is 2.41. The van der Waals surface area contributed by atoms with Gasteiger partial charge in [0, 0.05) is 10.5 Å². The predicted molar refractivity (Wildman–Crippen MR) is 64.8 cm³/mol. The number of phenolic OH excluding ortho intramolecular Hbond substituents is 1. The lowest BCUT2D eigenvalue weighted by Gasteiger charge is -2.09. The Balaban J connectivity index is 2.64. The molecule has 2 aromatic rings. The largest absolute Gasteiger partial charge is 0.504 e. The molecule has 0 amide bonds. The molecule has 1 heterocycles. The number of phenols is 1. The second kappa shape index (κ2) is 4.88. The zero-order valence-corrected chi connectivity index (χ0v) is 11.1. The number of aromatic carboxylic acids is 1. The smallest absolute Gasteiger partial charge is 0.374 e. The summed E-state index contributed by atoms with van der Waals surface area (Å²) < 4.78 is 23.6. The van der Waals surface area contributed by atoms with Crippen molar-refractivity contribution in [1.82, 2.24) is 5.16 Å². The van der Waals surface area contributed by atoms with Crippen LogP contribution in [-0.2, 0) is 0 Å². The lowest BCUT2D eigenvalue weighted by atomic mass is 10.1. The van der Waals surface area contributed by atoms with Crippen LogP contribution >= 0.6 is 15.9 Å². The molecule has 0 unspecified atom stereocenters. The van der Waals surface area contributed by atoms with Crippen molar-refractivity contribution in [2.24, 2.45) is 0 Å². The molecule has 1 aromatic carbocycles. The maximum absolute atomic E-state index is 14.1. The van der Waals surface area contributed by atoms with Crippen LogP contribution in [0.4, 0.5) is 4.39 Å². The molecule has 0 bridgehead atoms. The van der Waals surface area contributed by atoms with Crippen LogP contribution in [0, 0.1) is 5.82 Å². The SMILES string of the molecule is COc1c(O)cc(Br)c(-c2cc(C(=O)O)on2)c1F. The van der Waals surface area contributed by atoms with E-state index in [0.29, 0.717) is 0 Å². The Morgan fingerprint density at radius 3 is 2.74 bits per heavy atom. The molecule has 0 aliphatic heterocycles. The van der Waals surface area contributed by atoms with Crippen LogP contribution in [0.3, 0.4) is 0 Å². The summed E-state index contributed by atoms with van der Waals surface area (Å²) in [5.41, 5.74) is -0.0917. The number of nitrogens with zero attached hydrogens (tertiary/aromatic N) is 1. The molecule has 100 valence electrons. The molecule has 0 aliphatic rings. The third-order valence-corrected chi connectivity index (χ3v) is 2.96. The molecule has 2 rings (SSSR count). The van der Waals surface area contributed by atoms with Gasteiger partial charge in [-0.05, 0) is 22.0 Å². The maximum Gasteiger partial charge on any atom is 0.374 e. The summed E-state index contributed by atoms with van der Waals surface area (Å²) in [5.74, 6) is -3.37. The van der Waals surface area contributed by atoms with Gasteiger partial charge in [0.1, 0.15) is 5.69 Å². The molecule has 0 aliphatic carbocycles. The third kappa shape index (κ3) is 2.26. The summed E-state index contributed by atoms with van der Waals surface area (Å²) in [4.78, 5) is 10.7. The number of hydrogen-bond acceptors (Lipinski definition) is 5. The Hall–Kier alpha value is -2.09. The maximum atomic E-state index is 14.1. The lowest BCUT2D eigenvalue weighted by molar-refractivity contribution is 0.0652. The van der Waals surface area contributed by atoms with Crippen LogP contribution in [0.25, 0.3) is 11.3 Å². The fourth-order valence-corrected chi connectivity index (χ4v) is 2.11. The molecule has 19 heavy (non-hydrogen) atoms. The van der Waals surface area contributed by atoms with Crippen LogP contribution in [0.5, 0.6) is 11.5 Å². The topological polar surface area (TPSA) is 92.8 Å². The second-order valence-electron chi connectivity index (χ2n) is 3.48. The van der Waals surface area contributed by atoms with Gasteiger partial charge < -0.3 is 19.5 Å². The molecule has 2 N–H and O–H groups in total. The predicted octanol–water partition coefficient (Wildman–Crippen LogP) is 2.66. The molecule has 0 radical (unpaired) electrons. The van der Waals surface area contributed by atoms with Crippen LogP contribution < -0.4 is 4.74 Å². The molecule has 0 saturated carbocycles. The van der Waals surface area contributed by atoms with Crippen molar-refractivity contribution in [2.75, 3.05) is 7.11 Å². The van der Waals surface area contributed by atoms with Crippen LogP contribution in [0.15, 0.2) is 21.1 Å². The van der Waals surface area contributed by atoms with E-state index in [0.717, 1.165) is 6.07 Å². The van der Waals surface area contributed by atoms with Gasteiger partial charge in [-0.1, -0.05) is 5.16 Å². The summed E-state index contributed by atoms with van der Waals surface area (Å²) in [5, 5.41) is 21.7. The minimum Gasteiger partial charge on any atom is -0.504 e. The molecule has 1 aromatic heterocycles. The van der Waals surface area contributed by atoms with Crippen LogP contribution in [-0.4, -0.2) is 28.4 Å². The van der Waals surface area contributed by atoms with Crippen molar-refractivity contribution >= 4 is 21.9 Å². The van der Waals surface area contributed by atoms with E-state index in [2.05, 4.69) is 25.6 Å². The molecule has 0 saturated heterocycles. The van der Waals surface area contributed by atoms with Crippen LogP contribution in [0.2, 0.25) is 0 Å². The Kier molecular flexibility index (Phi) is 3.43. The summed E-state index contributed by atoms with van der Waals surface area (Å²) in [7, 11) is 1.20. The number of carboxylic acids is 1. The van der Waals surface area contributed by atoms with Crippen molar-refractivity contribution in [3.05, 3.63) is 28.2 Å². The normalized spacial score (nSPS) is 10.5. The van der Waals surface area contributed by atoms with Gasteiger partial charge in [0.05, 0.1) is 12.7 Å². The van der Waals surface area contributed by atoms with E-state index >= 15 is 0 Å². The Morgan fingerprint density at radius 1 is 1.53 bits per heavy atom. The van der Waals surface area contributed by atoms with E-state index in [4.69, 9.17) is 9.84 Å². The van der Waals surface area contributed by atoms with Gasteiger partial charge in [0.25, 0.3) is 0 Å². The summed E-state index contributed by atoms with van der Waals surface area (Å²) in [6.45, 7) is 0. The number of carbonyl (C=O) groups is 1. The average Bonchev–Trinajstić information content (AvgIpc) is 2.78. The number of benzene rings is 1. The summed E-state index contributed by atoms with van der Waals surface area (Å²) >= 11 is 3.06. The second-order valence-corrected chi connectivity index (χ2v) is 4.34. The molecule has 8 heteroatoms. The zero-order valence-electron chi connectivity index (χ0n) is 9.48. The highest BCUT2D eigenvalue weighted by Gasteiger charge is 2.23. The minimum atomic E-state index is -1.32. The summed E-state index contributed by atoms with van der Waals surface area (Å²) in [6, 6.07) is 2.29. The number of carboxylic acid groups (broad SMARTS) is 1. The standard InChI is InChI=1S/C11H7BrFNO5/c1-18-10-6(15)2-4(12)8(9(10)13)5-3-7(11(16)17)19-14-5/h2-3,15H,1H3,(H,16,17). The zero-order chi connectivity index (χ0) is 14.2. The lowest BCUT2D eigenvalue weighted by Crippen LogP contribution is -1.94. The first kappa shape index (κ1) is 13.3. The molecule has 0 spiro atoms. The fourth-order valence-electron chi connectivity index (χ4n) is 1.51. The molecule has 6 nitrogen and oxygen atoms in total. The molecular weight excluding hydrogens is 325 g/mol. The molecular formula is C11H7BrFNO5. The number of methoxy groups -OCH3 is 1.